The fourth-order valence-electron chi connectivity index (χ4n) is 5.78. The number of nitrogens with two attached hydrogens (primary N) is 1. The van der Waals surface area contributed by atoms with E-state index < -0.39 is 5.54 Å². The van der Waals surface area contributed by atoms with E-state index in [9.17, 15) is 14.9 Å². The van der Waals surface area contributed by atoms with Gasteiger partial charge in [-0.05, 0) is 62.7 Å². The number of para-hydroxylation sites is 1. The molecule has 0 radical (unpaired) electrons. The lowest BCUT2D eigenvalue weighted by Gasteiger charge is -2.42. The molecule has 0 bridgehead atoms. The molecule has 2 aliphatic rings. The van der Waals surface area contributed by atoms with Crippen LogP contribution in [-0.2, 0) is 16.1 Å². The predicted octanol–water partition coefficient (Wildman–Crippen LogP) is 3.12. The summed E-state index contributed by atoms with van der Waals surface area (Å²) in [6.07, 6.45) is 3.75. The highest BCUT2D eigenvalue weighted by molar-refractivity contribution is 5.98. The van der Waals surface area contributed by atoms with Crippen LogP contribution < -0.4 is 16.2 Å². The highest BCUT2D eigenvalue weighted by atomic mass is 16.5. The van der Waals surface area contributed by atoms with Gasteiger partial charge in [-0.3, -0.25) is 18.8 Å². The molecule has 2 saturated heterocycles. The number of hydrogen-bond acceptors (Lipinski definition) is 9. The average Bonchev–Trinajstić information content (AvgIpc) is 3.31. The van der Waals surface area contributed by atoms with Gasteiger partial charge in [-0.25, -0.2) is 14.8 Å². The monoisotopic (exact) mass is 594 g/mol. The summed E-state index contributed by atoms with van der Waals surface area (Å²) >= 11 is 0. The van der Waals surface area contributed by atoms with Crippen LogP contribution >= 0.6 is 0 Å². The number of rotatable bonds is 8. The van der Waals surface area contributed by atoms with Gasteiger partial charge in [0.2, 0.25) is 0 Å². The van der Waals surface area contributed by atoms with Gasteiger partial charge >= 0.3 is 5.69 Å². The molecule has 2 aliphatic heterocycles. The first-order chi connectivity index (χ1) is 21.3. The maximum absolute atomic E-state index is 13.9. The molecule has 12 heteroatoms. The van der Waals surface area contributed by atoms with E-state index in [0.717, 1.165) is 13.1 Å². The first-order valence-corrected chi connectivity index (χ1v) is 14.6. The Bertz CT molecular complexity index is 1800. The number of ether oxygens (including phenoxy) is 2. The van der Waals surface area contributed by atoms with Crippen molar-refractivity contribution in [3.8, 4) is 23.3 Å². The number of anilines is 1. The van der Waals surface area contributed by atoms with Gasteiger partial charge in [-0.15, -0.1) is 0 Å². The average molecular weight is 595 g/mol. The number of imidazole rings is 1. The number of carbonyl (C=O) groups excluding carboxylic acids is 1. The van der Waals surface area contributed by atoms with Crippen molar-refractivity contribution in [3.05, 3.63) is 83.1 Å². The fraction of sp³-hybridized carbons (Fsp3) is 0.344. The minimum absolute atomic E-state index is 0.0883. The molecular formula is C32H34N8O4. The van der Waals surface area contributed by atoms with Crippen LogP contribution in [0.2, 0.25) is 0 Å². The van der Waals surface area contributed by atoms with Crippen LogP contribution in [0.15, 0.2) is 77.4 Å². The van der Waals surface area contributed by atoms with Gasteiger partial charge in [0.15, 0.2) is 11.5 Å². The fourth-order valence-corrected chi connectivity index (χ4v) is 5.78. The smallest absolute Gasteiger partial charge is 0.335 e. The molecule has 44 heavy (non-hydrogen) atoms. The van der Waals surface area contributed by atoms with Gasteiger partial charge < -0.3 is 20.1 Å². The quantitative estimate of drug-likeness (QED) is 0.240. The molecule has 4 aromatic rings. The molecule has 0 aliphatic carbocycles. The molecule has 2 N–H and O–H groups in total. The van der Waals surface area contributed by atoms with Crippen LogP contribution in [0.25, 0.3) is 16.9 Å². The van der Waals surface area contributed by atoms with E-state index in [0.29, 0.717) is 54.5 Å². The molecule has 1 amide bonds. The zero-order valence-electron chi connectivity index (χ0n) is 24.7. The normalized spacial score (nSPS) is 17.7. The summed E-state index contributed by atoms with van der Waals surface area (Å²) in [5, 5.41) is 9.94. The van der Waals surface area contributed by atoms with Gasteiger partial charge in [-0.1, -0.05) is 18.2 Å². The van der Waals surface area contributed by atoms with Crippen molar-refractivity contribution in [2.75, 3.05) is 38.6 Å². The van der Waals surface area contributed by atoms with Gasteiger partial charge in [0.25, 0.3) is 5.91 Å². The number of amides is 1. The van der Waals surface area contributed by atoms with Gasteiger partial charge in [0.1, 0.15) is 35.0 Å². The van der Waals surface area contributed by atoms with E-state index in [1.807, 2.05) is 44.2 Å². The minimum Gasteiger partial charge on any atom is -0.457 e. The third-order valence-electron chi connectivity index (χ3n) is 8.28. The third-order valence-corrected chi connectivity index (χ3v) is 8.28. The van der Waals surface area contributed by atoms with Crippen molar-refractivity contribution < 1.29 is 14.3 Å². The molecule has 2 aromatic heterocycles. The number of fused-ring (bicyclic) bond motifs is 1. The summed E-state index contributed by atoms with van der Waals surface area (Å²) in [5.74, 6) is 1.13. The zero-order chi connectivity index (χ0) is 30.8. The van der Waals surface area contributed by atoms with E-state index >= 15 is 0 Å². The first-order valence-electron chi connectivity index (χ1n) is 14.6. The van der Waals surface area contributed by atoms with Crippen LogP contribution in [0.4, 0.5) is 5.82 Å². The number of morpholine rings is 1. The summed E-state index contributed by atoms with van der Waals surface area (Å²) in [7, 11) is 0. The summed E-state index contributed by atoms with van der Waals surface area (Å²) in [6.45, 7) is 7.36. The molecule has 1 atom stereocenters. The SMILES string of the molecule is CC(C)(/C=C(/C#N)C(=O)N1CC[C@H]1Cn1c(=O)n(-c2ccc(Oc3ccccc3)cc2)c2c(N)ncnc21)N1CCOCC1. The maximum Gasteiger partial charge on any atom is 0.335 e. The van der Waals surface area contributed by atoms with Gasteiger partial charge in [0.05, 0.1) is 24.9 Å². The van der Waals surface area contributed by atoms with Crippen molar-refractivity contribution in [3.63, 3.8) is 0 Å². The first kappa shape index (κ1) is 29.1. The van der Waals surface area contributed by atoms with Crippen LogP contribution in [0, 0.1) is 11.3 Å². The zero-order valence-corrected chi connectivity index (χ0v) is 24.7. The lowest BCUT2D eigenvalue weighted by molar-refractivity contribution is -0.134. The molecule has 2 fully saturated rings. The maximum atomic E-state index is 13.9. The summed E-state index contributed by atoms with van der Waals surface area (Å²) in [4.78, 5) is 39.8. The summed E-state index contributed by atoms with van der Waals surface area (Å²) in [6, 6.07) is 18.3. The van der Waals surface area contributed by atoms with Crippen molar-refractivity contribution in [1.29, 1.82) is 5.26 Å². The second kappa shape index (κ2) is 11.9. The Morgan fingerprint density at radius 2 is 1.80 bits per heavy atom. The number of aromatic nitrogens is 4. The Morgan fingerprint density at radius 3 is 2.45 bits per heavy atom. The van der Waals surface area contributed by atoms with Crippen LogP contribution in [-0.4, -0.2) is 79.2 Å². The molecule has 6 rings (SSSR count). The Hall–Kier alpha value is -4.99. The van der Waals surface area contributed by atoms with Crippen molar-refractivity contribution in [2.24, 2.45) is 0 Å². The predicted molar refractivity (Wildman–Crippen MR) is 164 cm³/mol. The highest BCUT2D eigenvalue weighted by Crippen LogP contribution is 2.28. The van der Waals surface area contributed by atoms with E-state index in [1.165, 1.54) is 15.5 Å². The number of hydrogen-bond donors (Lipinski definition) is 1. The van der Waals surface area contributed by atoms with E-state index in [-0.39, 0.29) is 35.6 Å². The molecule has 2 aromatic carbocycles. The van der Waals surface area contributed by atoms with E-state index in [2.05, 4.69) is 20.9 Å². The lowest BCUT2D eigenvalue weighted by atomic mass is 9.95. The van der Waals surface area contributed by atoms with E-state index in [1.54, 1.807) is 35.2 Å². The molecule has 226 valence electrons. The largest absolute Gasteiger partial charge is 0.457 e. The molecule has 4 heterocycles. The third kappa shape index (κ3) is 5.55. The second-order valence-electron chi connectivity index (χ2n) is 11.4. The van der Waals surface area contributed by atoms with Crippen molar-refractivity contribution in [1.82, 2.24) is 28.9 Å². The Labute approximate surface area is 254 Å². The van der Waals surface area contributed by atoms with Gasteiger partial charge in [-0.2, -0.15) is 5.26 Å². The topological polar surface area (TPSA) is 145 Å². The molecule has 0 saturated carbocycles. The van der Waals surface area contributed by atoms with Crippen LogP contribution in [0.5, 0.6) is 11.5 Å². The van der Waals surface area contributed by atoms with Crippen LogP contribution in [0.3, 0.4) is 0 Å². The lowest BCUT2D eigenvalue weighted by Crippen LogP contribution is -2.54. The van der Waals surface area contributed by atoms with E-state index in [4.69, 9.17) is 15.2 Å². The number of carbonyl (C=O) groups is 1. The number of likely N-dealkylation sites (tertiary alicyclic amines) is 1. The summed E-state index contributed by atoms with van der Waals surface area (Å²) < 4.78 is 14.4. The Balaban J connectivity index is 1.26. The van der Waals surface area contributed by atoms with Crippen molar-refractivity contribution >= 4 is 22.9 Å². The second-order valence-corrected chi connectivity index (χ2v) is 11.4. The van der Waals surface area contributed by atoms with Gasteiger partial charge in [0, 0.05) is 31.7 Å². The molecule has 12 nitrogen and oxygen atoms in total. The number of nitrogens with zero attached hydrogens (tertiary/aromatic N) is 7. The van der Waals surface area contributed by atoms with Crippen molar-refractivity contribution in [2.45, 2.75) is 38.4 Å². The molecular weight excluding hydrogens is 560 g/mol. The Morgan fingerprint density at radius 1 is 1.09 bits per heavy atom. The number of benzene rings is 2. The molecule has 0 unspecified atom stereocenters. The highest BCUT2D eigenvalue weighted by Gasteiger charge is 2.37. The minimum atomic E-state index is -0.495. The standard InChI is InChI=1S/C32H34N8O4/c1-32(2,37-14-16-43-17-15-37)18-22(19-33)30(41)38-13-12-24(38)20-39-29-27(28(34)35-21-36-29)40(31(39)42)23-8-10-26(11-9-23)44-25-6-4-3-5-7-25/h3-11,18,21,24H,12-17,20H2,1-2H3,(H2,34,35,36)/b22-18-/t24-/m0/s1. The number of nitriles is 1. The molecule has 0 spiro atoms. The summed E-state index contributed by atoms with van der Waals surface area (Å²) in [5.41, 5.74) is 6.84. The number of nitrogen functional groups attached to an aromatic ring is 1. The Kier molecular flexibility index (Phi) is 7.90. The van der Waals surface area contributed by atoms with Crippen LogP contribution in [0.1, 0.15) is 20.3 Å².